The van der Waals surface area contributed by atoms with E-state index in [0.717, 1.165) is 0 Å². The van der Waals surface area contributed by atoms with Gasteiger partial charge in [0.2, 0.25) is 5.91 Å². The van der Waals surface area contributed by atoms with E-state index in [9.17, 15) is 9.59 Å². The van der Waals surface area contributed by atoms with E-state index in [4.69, 9.17) is 21.1 Å². The summed E-state index contributed by atoms with van der Waals surface area (Å²) in [6.07, 6.45) is 0.830. The van der Waals surface area contributed by atoms with Crippen molar-refractivity contribution in [3.63, 3.8) is 0 Å². The van der Waals surface area contributed by atoms with Crippen molar-refractivity contribution in [2.75, 3.05) is 25.1 Å². The van der Waals surface area contributed by atoms with E-state index in [2.05, 4.69) is 10.6 Å². The maximum absolute atomic E-state index is 12.3. The first-order chi connectivity index (χ1) is 13.5. The van der Waals surface area contributed by atoms with Crippen LogP contribution in [0.15, 0.2) is 42.5 Å². The number of benzene rings is 2. The van der Waals surface area contributed by atoms with Gasteiger partial charge in [0, 0.05) is 29.2 Å². The molecule has 0 aliphatic heterocycles. The molecule has 7 heteroatoms. The summed E-state index contributed by atoms with van der Waals surface area (Å²) in [4.78, 5) is 24.3. The van der Waals surface area contributed by atoms with Gasteiger partial charge in [0.15, 0.2) is 11.5 Å². The first-order valence-electron chi connectivity index (χ1n) is 9.26. The highest BCUT2D eigenvalue weighted by molar-refractivity contribution is 6.30. The zero-order valence-corrected chi connectivity index (χ0v) is 16.8. The number of carbonyl (C=O) groups is 2. The number of nitrogens with one attached hydrogen (secondary N) is 2. The minimum absolute atomic E-state index is 0.115. The molecule has 0 atom stereocenters. The van der Waals surface area contributed by atoms with Crippen LogP contribution in [0.2, 0.25) is 5.02 Å². The van der Waals surface area contributed by atoms with Crippen molar-refractivity contribution in [2.24, 2.45) is 0 Å². The van der Waals surface area contributed by atoms with Gasteiger partial charge in [-0.05, 0) is 62.7 Å². The third-order valence-electron chi connectivity index (χ3n) is 3.80. The highest BCUT2D eigenvalue weighted by atomic mass is 35.5. The van der Waals surface area contributed by atoms with E-state index < -0.39 is 0 Å². The molecular weight excluding hydrogens is 380 g/mol. The molecule has 0 saturated heterocycles. The summed E-state index contributed by atoms with van der Waals surface area (Å²) < 4.78 is 11.0. The average molecular weight is 405 g/mol. The van der Waals surface area contributed by atoms with Gasteiger partial charge in [-0.15, -0.1) is 0 Å². The molecule has 0 heterocycles. The summed E-state index contributed by atoms with van der Waals surface area (Å²) in [5, 5.41) is 6.22. The molecule has 0 spiro atoms. The van der Waals surface area contributed by atoms with Gasteiger partial charge in [-0.3, -0.25) is 9.59 Å². The molecule has 0 aromatic heterocycles. The lowest BCUT2D eigenvalue weighted by Crippen LogP contribution is -2.25. The van der Waals surface area contributed by atoms with Crippen molar-refractivity contribution in [3.05, 3.63) is 53.1 Å². The topological polar surface area (TPSA) is 76.7 Å². The summed E-state index contributed by atoms with van der Waals surface area (Å²) in [6, 6.07) is 12.0. The van der Waals surface area contributed by atoms with E-state index in [1.165, 1.54) is 0 Å². The zero-order chi connectivity index (χ0) is 20.4. The number of hydrogen-bond acceptors (Lipinski definition) is 4. The number of carbonyl (C=O) groups excluding carboxylic acids is 2. The van der Waals surface area contributed by atoms with E-state index in [1.807, 2.05) is 13.8 Å². The summed E-state index contributed by atoms with van der Waals surface area (Å²) in [6.45, 7) is 5.15. The van der Waals surface area contributed by atoms with Crippen LogP contribution < -0.4 is 20.1 Å². The first kappa shape index (κ1) is 21.6. The standard InChI is InChI=1S/C21H25ClN2O4/c1-3-27-18-12-7-15(14-19(18)28-4-2)21(26)23-13-5-6-20(25)24-17-10-8-16(22)9-11-17/h7-12,14H,3-6,13H2,1-2H3,(H,23,26)(H,24,25). The Balaban J connectivity index is 1.79. The summed E-state index contributed by atoms with van der Waals surface area (Å²) in [5.41, 5.74) is 1.17. The van der Waals surface area contributed by atoms with Gasteiger partial charge in [0.1, 0.15) is 0 Å². The highest BCUT2D eigenvalue weighted by Crippen LogP contribution is 2.28. The van der Waals surface area contributed by atoms with Crippen molar-refractivity contribution < 1.29 is 19.1 Å². The number of anilines is 1. The fourth-order valence-electron chi connectivity index (χ4n) is 2.50. The summed E-state index contributed by atoms with van der Waals surface area (Å²) in [5.74, 6) is 0.817. The van der Waals surface area contributed by atoms with E-state index in [-0.39, 0.29) is 11.8 Å². The van der Waals surface area contributed by atoms with Gasteiger partial charge in [0.25, 0.3) is 5.91 Å². The molecule has 2 aromatic rings. The Labute approximate surface area is 170 Å². The molecule has 0 radical (unpaired) electrons. The molecule has 0 bridgehead atoms. The first-order valence-corrected chi connectivity index (χ1v) is 9.64. The molecule has 6 nitrogen and oxygen atoms in total. The number of ether oxygens (including phenoxy) is 2. The second kappa shape index (κ2) is 11.2. The molecule has 2 rings (SSSR count). The maximum atomic E-state index is 12.3. The second-order valence-corrected chi connectivity index (χ2v) is 6.38. The molecule has 2 amide bonds. The zero-order valence-electron chi connectivity index (χ0n) is 16.1. The van der Waals surface area contributed by atoms with E-state index >= 15 is 0 Å². The van der Waals surface area contributed by atoms with Crippen LogP contribution in [0.25, 0.3) is 0 Å². The van der Waals surface area contributed by atoms with Crippen molar-refractivity contribution in [2.45, 2.75) is 26.7 Å². The van der Waals surface area contributed by atoms with E-state index in [0.29, 0.717) is 60.4 Å². The number of halogens is 1. The molecule has 2 aromatic carbocycles. The van der Waals surface area contributed by atoms with Crippen LogP contribution >= 0.6 is 11.6 Å². The van der Waals surface area contributed by atoms with Crippen LogP contribution in [-0.2, 0) is 4.79 Å². The molecule has 0 aliphatic rings. The SMILES string of the molecule is CCOc1ccc(C(=O)NCCCC(=O)Nc2ccc(Cl)cc2)cc1OCC. The van der Waals surface area contributed by atoms with Crippen LogP contribution in [0.1, 0.15) is 37.0 Å². The molecule has 2 N–H and O–H groups in total. The predicted octanol–water partition coefficient (Wildman–Crippen LogP) is 4.29. The summed E-state index contributed by atoms with van der Waals surface area (Å²) >= 11 is 5.81. The normalized spacial score (nSPS) is 10.2. The van der Waals surface area contributed by atoms with Gasteiger partial charge in [-0.1, -0.05) is 11.6 Å². The molecule has 28 heavy (non-hydrogen) atoms. The summed E-state index contributed by atoms with van der Waals surface area (Å²) in [7, 11) is 0. The Morgan fingerprint density at radius 1 is 0.964 bits per heavy atom. The van der Waals surface area contributed by atoms with Crippen LogP contribution in [-0.4, -0.2) is 31.6 Å². The van der Waals surface area contributed by atoms with Gasteiger partial charge in [0.05, 0.1) is 13.2 Å². The van der Waals surface area contributed by atoms with Crippen LogP contribution in [0, 0.1) is 0 Å². The predicted molar refractivity (Wildman–Crippen MR) is 110 cm³/mol. The van der Waals surface area contributed by atoms with Gasteiger partial charge in [-0.2, -0.15) is 0 Å². The number of amides is 2. The Kier molecular flexibility index (Phi) is 8.62. The largest absolute Gasteiger partial charge is 0.490 e. The van der Waals surface area contributed by atoms with Crippen LogP contribution in [0.3, 0.4) is 0 Å². The monoisotopic (exact) mass is 404 g/mol. The fraction of sp³-hybridized carbons (Fsp3) is 0.333. The van der Waals surface area contributed by atoms with E-state index in [1.54, 1.807) is 42.5 Å². The average Bonchev–Trinajstić information content (AvgIpc) is 2.68. The van der Waals surface area contributed by atoms with Crippen LogP contribution in [0.5, 0.6) is 11.5 Å². The molecular formula is C21H25ClN2O4. The lowest BCUT2D eigenvalue weighted by Gasteiger charge is -2.12. The third-order valence-corrected chi connectivity index (χ3v) is 4.05. The molecule has 0 saturated carbocycles. The number of rotatable bonds is 10. The molecule has 0 fully saturated rings. The lowest BCUT2D eigenvalue weighted by atomic mass is 10.2. The Morgan fingerprint density at radius 2 is 1.64 bits per heavy atom. The second-order valence-electron chi connectivity index (χ2n) is 5.94. The molecule has 0 aliphatic carbocycles. The minimum atomic E-state index is -0.220. The number of hydrogen-bond donors (Lipinski definition) is 2. The smallest absolute Gasteiger partial charge is 0.251 e. The van der Waals surface area contributed by atoms with Crippen molar-refractivity contribution in [1.82, 2.24) is 5.32 Å². The fourth-order valence-corrected chi connectivity index (χ4v) is 2.63. The van der Waals surface area contributed by atoms with Gasteiger partial charge >= 0.3 is 0 Å². The van der Waals surface area contributed by atoms with Crippen LogP contribution in [0.4, 0.5) is 5.69 Å². The van der Waals surface area contributed by atoms with Crippen molar-refractivity contribution in [3.8, 4) is 11.5 Å². The lowest BCUT2D eigenvalue weighted by molar-refractivity contribution is -0.116. The third kappa shape index (κ3) is 6.78. The van der Waals surface area contributed by atoms with Gasteiger partial charge < -0.3 is 20.1 Å². The maximum Gasteiger partial charge on any atom is 0.251 e. The highest BCUT2D eigenvalue weighted by Gasteiger charge is 2.11. The van der Waals surface area contributed by atoms with Crippen molar-refractivity contribution in [1.29, 1.82) is 0 Å². The Morgan fingerprint density at radius 3 is 2.32 bits per heavy atom. The Hall–Kier alpha value is -2.73. The molecule has 150 valence electrons. The molecule has 0 unspecified atom stereocenters. The van der Waals surface area contributed by atoms with Crippen molar-refractivity contribution >= 4 is 29.1 Å². The minimum Gasteiger partial charge on any atom is -0.490 e. The van der Waals surface area contributed by atoms with Gasteiger partial charge in [-0.25, -0.2) is 0 Å². The Bertz CT molecular complexity index is 793. The quantitative estimate of drug-likeness (QED) is 0.579.